The lowest BCUT2D eigenvalue weighted by atomic mass is 10.2. The fourth-order valence-electron chi connectivity index (χ4n) is 1.87. The van der Waals surface area contributed by atoms with E-state index in [0.29, 0.717) is 18.0 Å². The molecule has 5 nitrogen and oxygen atoms in total. The van der Waals surface area contributed by atoms with E-state index >= 15 is 0 Å². The van der Waals surface area contributed by atoms with Crippen LogP contribution in [0.15, 0.2) is 47.5 Å². The first-order chi connectivity index (χ1) is 10.6. The van der Waals surface area contributed by atoms with E-state index in [1.807, 2.05) is 6.07 Å². The van der Waals surface area contributed by atoms with Crippen LogP contribution in [0.2, 0.25) is 0 Å². The van der Waals surface area contributed by atoms with Gasteiger partial charge < -0.3 is 20.5 Å². The van der Waals surface area contributed by atoms with Crippen LogP contribution in [0.25, 0.3) is 0 Å². The van der Waals surface area contributed by atoms with Crippen LogP contribution in [0.5, 0.6) is 11.5 Å². The Labute approximate surface area is 128 Å². The standard InChI is InChI=1S/C16H18FN3O2/c1-21-14-8-7-13(9-15(14)22-2)20-16(18)19-10-11-3-5-12(17)6-4-11/h3-9H,10H2,1-2H3,(H3,18,19,20). The first-order valence-electron chi connectivity index (χ1n) is 6.66. The Morgan fingerprint density at radius 1 is 1.09 bits per heavy atom. The molecule has 22 heavy (non-hydrogen) atoms. The summed E-state index contributed by atoms with van der Waals surface area (Å²) in [4.78, 5) is 4.21. The van der Waals surface area contributed by atoms with E-state index < -0.39 is 0 Å². The smallest absolute Gasteiger partial charge is 0.193 e. The number of nitrogens with zero attached hydrogens (tertiary/aromatic N) is 1. The molecule has 0 aliphatic heterocycles. The van der Waals surface area contributed by atoms with Gasteiger partial charge in [-0.3, -0.25) is 0 Å². The average molecular weight is 303 g/mol. The molecule has 0 bridgehead atoms. The molecule has 6 heteroatoms. The predicted molar refractivity (Wildman–Crippen MR) is 84.9 cm³/mol. The van der Waals surface area contributed by atoms with Crippen molar-refractivity contribution in [2.24, 2.45) is 10.7 Å². The van der Waals surface area contributed by atoms with Crippen LogP contribution in [-0.2, 0) is 6.54 Å². The summed E-state index contributed by atoms with van der Waals surface area (Å²) in [6, 6.07) is 11.5. The van der Waals surface area contributed by atoms with E-state index in [1.165, 1.54) is 12.1 Å². The molecule has 0 aliphatic carbocycles. The van der Waals surface area contributed by atoms with E-state index in [-0.39, 0.29) is 11.8 Å². The lowest BCUT2D eigenvalue weighted by molar-refractivity contribution is 0.355. The summed E-state index contributed by atoms with van der Waals surface area (Å²) in [5.41, 5.74) is 7.45. The Bertz CT molecular complexity index is 657. The zero-order valence-corrected chi connectivity index (χ0v) is 12.5. The van der Waals surface area contributed by atoms with Crippen LogP contribution < -0.4 is 20.5 Å². The molecule has 0 unspecified atom stereocenters. The van der Waals surface area contributed by atoms with Gasteiger partial charge in [-0.2, -0.15) is 0 Å². The zero-order valence-electron chi connectivity index (χ0n) is 12.5. The minimum absolute atomic E-state index is 0.261. The van der Waals surface area contributed by atoms with Crippen LogP contribution in [0.3, 0.4) is 0 Å². The molecule has 116 valence electrons. The summed E-state index contributed by atoms with van der Waals surface area (Å²) in [7, 11) is 3.14. The Hall–Kier alpha value is -2.76. The molecule has 0 heterocycles. The highest BCUT2D eigenvalue weighted by Gasteiger charge is 2.05. The normalized spacial score (nSPS) is 11.1. The lowest BCUT2D eigenvalue weighted by Gasteiger charge is -2.10. The quantitative estimate of drug-likeness (QED) is 0.658. The van der Waals surface area contributed by atoms with Gasteiger partial charge >= 0.3 is 0 Å². The van der Waals surface area contributed by atoms with Crippen molar-refractivity contribution in [3.8, 4) is 11.5 Å². The number of nitrogens with one attached hydrogen (secondary N) is 1. The highest BCUT2D eigenvalue weighted by molar-refractivity contribution is 5.92. The Morgan fingerprint density at radius 3 is 2.41 bits per heavy atom. The molecule has 0 saturated heterocycles. The average Bonchev–Trinajstić information content (AvgIpc) is 2.54. The molecule has 0 saturated carbocycles. The summed E-state index contributed by atoms with van der Waals surface area (Å²) < 4.78 is 23.2. The zero-order chi connectivity index (χ0) is 15.9. The van der Waals surface area contributed by atoms with Gasteiger partial charge in [-0.25, -0.2) is 9.38 Å². The van der Waals surface area contributed by atoms with E-state index in [4.69, 9.17) is 15.2 Å². The number of hydrogen-bond acceptors (Lipinski definition) is 3. The number of methoxy groups -OCH3 is 2. The van der Waals surface area contributed by atoms with Gasteiger partial charge in [0.05, 0.1) is 20.8 Å². The van der Waals surface area contributed by atoms with E-state index in [2.05, 4.69) is 10.3 Å². The Kier molecular flexibility index (Phi) is 5.19. The topological polar surface area (TPSA) is 68.9 Å². The number of nitrogens with two attached hydrogens (primary N) is 1. The molecule has 0 aromatic heterocycles. The molecule has 0 atom stereocenters. The number of ether oxygens (including phenoxy) is 2. The number of halogens is 1. The SMILES string of the molecule is COc1ccc(NC(N)=NCc2ccc(F)cc2)cc1OC. The van der Waals surface area contributed by atoms with Gasteiger partial charge in [-0.15, -0.1) is 0 Å². The highest BCUT2D eigenvalue weighted by atomic mass is 19.1. The van der Waals surface area contributed by atoms with Crippen LogP contribution in [0.1, 0.15) is 5.56 Å². The van der Waals surface area contributed by atoms with Crippen LogP contribution in [0.4, 0.5) is 10.1 Å². The number of aliphatic imine (C=N–C) groups is 1. The van der Waals surface area contributed by atoms with Crippen molar-refractivity contribution < 1.29 is 13.9 Å². The van der Waals surface area contributed by atoms with Crippen molar-refractivity contribution in [2.75, 3.05) is 19.5 Å². The maximum atomic E-state index is 12.8. The Balaban J connectivity index is 2.03. The molecule has 2 aromatic rings. The molecule has 2 aromatic carbocycles. The van der Waals surface area contributed by atoms with E-state index in [9.17, 15) is 4.39 Å². The van der Waals surface area contributed by atoms with E-state index in [1.54, 1.807) is 38.5 Å². The van der Waals surface area contributed by atoms with Gasteiger partial charge in [-0.05, 0) is 29.8 Å². The van der Waals surface area contributed by atoms with Crippen molar-refractivity contribution >= 4 is 11.6 Å². The summed E-state index contributed by atoms with van der Waals surface area (Å²) >= 11 is 0. The number of anilines is 1. The van der Waals surface area contributed by atoms with Gasteiger partial charge in [-0.1, -0.05) is 12.1 Å². The van der Waals surface area contributed by atoms with Gasteiger partial charge in [0.2, 0.25) is 0 Å². The fraction of sp³-hybridized carbons (Fsp3) is 0.188. The lowest BCUT2D eigenvalue weighted by Crippen LogP contribution is -2.22. The molecule has 0 amide bonds. The van der Waals surface area contributed by atoms with Crippen molar-refractivity contribution in [1.82, 2.24) is 0 Å². The van der Waals surface area contributed by atoms with Crippen molar-refractivity contribution in [1.29, 1.82) is 0 Å². The van der Waals surface area contributed by atoms with Crippen molar-refractivity contribution in [2.45, 2.75) is 6.54 Å². The first-order valence-corrected chi connectivity index (χ1v) is 6.66. The van der Waals surface area contributed by atoms with Gasteiger partial charge in [0.25, 0.3) is 0 Å². The number of hydrogen-bond donors (Lipinski definition) is 2. The fourth-order valence-corrected chi connectivity index (χ4v) is 1.87. The summed E-state index contributed by atoms with van der Waals surface area (Å²) in [5, 5.41) is 2.97. The third-order valence-corrected chi connectivity index (χ3v) is 3.00. The van der Waals surface area contributed by atoms with Crippen molar-refractivity contribution in [3.63, 3.8) is 0 Å². The number of rotatable bonds is 5. The maximum Gasteiger partial charge on any atom is 0.193 e. The number of benzene rings is 2. The first kappa shape index (κ1) is 15.6. The molecule has 0 fully saturated rings. The molecule has 0 radical (unpaired) electrons. The van der Waals surface area contributed by atoms with Gasteiger partial charge in [0.15, 0.2) is 17.5 Å². The van der Waals surface area contributed by atoms with Gasteiger partial charge in [0.1, 0.15) is 5.82 Å². The molecule has 0 aliphatic rings. The molecule has 2 rings (SSSR count). The van der Waals surface area contributed by atoms with Crippen molar-refractivity contribution in [3.05, 3.63) is 53.8 Å². The van der Waals surface area contributed by atoms with Crippen LogP contribution in [0, 0.1) is 5.82 Å². The molecular weight excluding hydrogens is 285 g/mol. The predicted octanol–water partition coefficient (Wildman–Crippen LogP) is 2.77. The third kappa shape index (κ3) is 4.12. The molecule has 3 N–H and O–H groups in total. The van der Waals surface area contributed by atoms with Gasteiger partial charge in [0, 0.05) is 11.8 Å². The third-order valence-electron chi connectivity index (χ3n) is 3.00. The van der Waals surface area contributed by atoms with E-state index in [0.717, 1.165) is 11.3 Å². The minimum Gasteiger partial charge on any atom is -0.493 e. The summed E-state index contributed by atoms with van der Waals surface area (Å²) in [6.07, 6.45) is 0. The number of guanidine groups is 1. The summed E-state index contributed by atoms with van der Waals surface area (Å²) in [6.45, 7) is 0.367. The maximum absolute atomic E-state index is 12.8. The second-order valence-corrected chi connectivity index (χ2v) is 4.52. The largest absolute Gasteiger partial charge is 0.493 e. The highest BCUT2D eigenvalue weighted by Crippen LogP contribution is 2.29. The molecular formula is C16H18FN3O2. The second-order valence-electron chi connectivity index (χ2n) is 4.52. The molecule has 0 spiro atoms. The Morgan fingerprint density at radius 2 is 1.77 bits per heavy atom. The minimum atomic E-state index is -0.274. The van der Waals surface area contributed by atoms with Crippen LogP contribution >= 0.6 is 0 Å². The second kappa shape index (κ2) is 7.31. The van der Waals surface area contributed by atoms with Crippen LogP contribution in [-0.4, -0.2) is 20.2 Å². The monoisotopic (exact) mass is 303 g/mol. The summed E-state index contributed by atoms with van der Waals surface area (Å²) in [5.74, 6) is 1.22.